The van der Waals surface area contributed by atoms with Gasteiger partial charge in [0.05, 0.1) is 0 Å². The minimum atomic E-state index is 0.926. The van der Waals surface area contributed by atoms with E-state index in [0.717, 1.165) is 27.5 Å². The third kappa shape index (κ3) is 3.62. The largest absolute Gasteiger partial charge is 0.455 e. The van der Waals surface area contributed by atoms with Gasteiger partial charge in [-0.25, -0.2) is 0 Å². The minimum Gasteiger partial charge on any atom is -0.455 e. The maximum absolute atomic E-state index is 6.42. The van der Waals surface area contributed by atoms with Gasteiger partial charge in [0.15, 0.2) is 0 Å². The van der Waals surface area contributed by atoms with Crippen molar-refractivity contribution in [3.05, 3.63) is 158 Å². The molecule has 208 valence electrons. The third-order valence-corrected chi connectivity index (χ3v) is 9.59. The molecule has 1 aromatic heterocycles. The number of rotatable bonds is 3. The van der Waals surface area contributed by atoms with Crippen molar-refractivity contribution in [3.63, 3.8) is 0 Å². The molecule has 0 saturated heterocycles. The van der Waals surface area contributed by atoms with Crippen molar-refractivity contribution in [2.75, 3.05) is 0 Å². The second-order valence-corrected chi connectivity index (χ2v) is 12.1. The molecule has 0 bridgehead atoms. The predicted molar refractivity (Wildman–Crippen MR) is 191 cm³/mol. The van der Waals surface area contributed by atoms with Gasteiger partial charge in [0.1, 0.15) is 11.2 Å². The summed E-state index contributed by atoms with van der Waals surface area (Å²) in [6.45, 7) is 0. The minimum absolute atomic E-state index is 0.926. The lowest BCUT2D eigenvalue weighted by Gasteiger charge is -2.16. The fourth-order valence-electron chi connectivity index (χ4n) is 7.52. The fourth-order valence-corrected chi connectivity index (χ4v) is 7.52. The number of furan rings is 1. The second kappa shape index (κ2) is 9.29. The first-order chi connectivity index (χ1) is 22.3. The first kappa shape index (κ1) is 24.5. The molecular formula is C44H26O. The van der Waals surface area contributed by atoms with E-state index in [4.69, 9.17) is 4.42 Å². The fraction of sp³-hybridized carbons (Fsp3) is 0. The van der Waals surface area contributed by atoms with Crippen molar-refractivity contribution in [3.8, 4) is 33.4 Å². The summed E-state index contributed by atoms with van der Waals surface area (Å²) in [6.07, 6.45) is 0. The SMILES string of the molecule is c1ccc(-c2cccc3cc(-c4ccc5ccc6cc(-c7cccc8c7oc7ccccc78)cc7ccc4c5c67)ccc23)cc1. The van der Waals surface area contributed by atoms with E-state index >= 15 is 0 Å². The molecule has 0 atom stereocenters. The average molecular weight is 571 g/mol. The monoisotopic (exact) mass is 570 g/mol. The van der Waals surface area contributed by atoms with E-state index < -0.39 is 0 Å². The topological polar surface area (TPSA) is 13.1 Å². The molecule has 9 aromatic carbocycles. The Balaban J connectivity index is 1.16. The molecule has 0 aliphatic rings. The maximum Gasteiger partial charge on any atom is 0.143 e. The number of hydrogen-bond donors (Lipinski definition) is 0. The highest BCUT2D eigenvalue weighted by Crippen LogP contribution is 2.43. The highest BCUT2D eigenvalue weighted by Gasteiger charge is 2.17. The molecule has 1 nitrogen and oxygen atoms in total. The van der Waals surface area contributed by atoms with E-state index in [1.54, 1.807) is 0 Å². The molecule has 0 radical (unpaired) electrons. The Morgan fingerprint density at radius 3 is 1.89 bits per heavy atom. The van der Waals surface area contributed by atoms with Gasteiger partial charge in [0, 0.05) is 16.3 Å². The zero-order chi connectivity index (χ0) is 29.5. The standard InChI is InChI=1S/C44H26O/c1-2-8-27(9-3-1)34-12-6-10-29-24-30(19-22-35(29)34)36-21-18-28-16-17-31-25-33(26-32-20-23-39(36)43(28)42(31)32)37-13-7-14-40-38-11-4-5-15-41(38)45-44(37)40/h1-26H. The van der Waals surface area contributed by atoms with E-state index in [0.29, 0.717) is 0 Å². The van der Waals surface area contributed by atoms with Gasteiger partial charge in [-0.05, 0) is 95.2 Å². The Morgan fingerprint density at radius 1 is 0.311 bits per heavy atom. The Kier molecular flexibility index (Phi) is 5.06. The van der Waals surface area contributed by atoms with E-state index in [2.05, 4.69) is 152 Å². The number of fused-ring (bicyclic) bond motifs is 4. The highest BCUT2D eigenvalue weighted by atomic mass is 16.3. The van der Waals surface area contributed by atoms with Crippen LogP contribution in [-0.2, 0) is 0 Å². The Labute approximate surface area is 259 Å². The van der Waals surface area contributed by atoms with Gasteiger partial charge in [-0.1, -0.05) is 133 Å². The van der Waals surface area contributed by atoms with Crippen LogP contribution < -0.4 is 0 Å². The van der Waals surface area contributed by atoms with Crippen LogP contribution in [0.1, 0.15) is 0 Å². The molecule has 0 spiro atoms. The Morgan fingerprint density at radius 2 is 0.978 bits per heavy atom. The average Bonchev–Trinajstić information content (AvgIpc) is 3.49. The van der Waals surface area contributed by atoms with Crippen molar-refractivity contribution in [2.24, 2.45) is 0 Å². The molecule has 10 rings (SSSR count). The molecule has 0 aliphatic carbocycles. The van der Waals surface area contributed by atoms with Gasteiger partial charge in [-0.3, -0.25) is 0 Å². The summed E-state index contributed by atoms with van der Waals surface area (Å²) in [7, 11) is 0. The van der Waals surface area contributed by atoms with Crippen LogP contribution in [0.4, 0.5) is 0 Å². The summed E-state index contributed by atoms with van der Waals surface area (Å²) >= 11 is 0. The zero-order valence-electron chi connectivity index (χ0n) is 24.4. The second-order valence-electron chi connectivity index (χ2n) is 12.1. The van der Waals surface area contributed by atoms with Crippen molar-refractivity contribution >= 4 is 65.0 Å². The molecule has 45 heavy (non-hydrogen) atoms. The summed E-state index contributed by atoms with van der Waals surface area (Å²) in [6, 6.07) is 57.4. The summed E-state index contributed by atoms with van der Waals surface area (Å²) in [5.41, 5.74) is 9.19. The lowest BCUT2D eigenvalue weighted by atomic mass is 9.87. The molecule has 0 fully saturated rings. The molecule has 1 heteroatoms. The van der Waals surface area contributed by atoms with Crippen LogP contribution in [0.15, 0.2) is 162 Å². The van der Waals surface area contributed by atoms with Crippen molar-refractivity contribution < 1.29 is 4.42 Å². The van der Waals surface area contributed by atoms with Gasteiger partial charge < -0.3 is 4.42 Å². The lowest BCUT2D eigenvalue weighted by Crippen LogP contribution is -1.89. The zero-order valence-corrected chi connectivity index (χ0v) is 24.4. The smallest absolute Gasteiger partial charge is 0.143 e. The third-order valence-electron chi connectivity index (χ3n) is 9.59. The molecule has 1 heterocycles. The number of hydrogen-bond acceptors (Lipinski definition) is 1. The van der Waals surface area contributed by atoms with Crippen molar-refractivity contribution in [2.45, 2.75) is 0 Å². The summed E-state index contributed by atoms with van der Waals surface area (Å²) in [5, 5.41) is 12.5. The normalized spacial score (nSPS) is 12.0. The van der Waals surface area contributed by atoms with Crippen LogP contribution in [0, 0.1) is 0 Å². The summed E-state index contributed by atoms with van der Waals surface area (Å²) in [4.78, 5) is 0. The van der Waals surface area contributed by atoms with Crippen LogP contribution in [0.3, 0.4) is 0 Å². The Hall–Kier alpha value is -5.92. The van der Waals surface area contributed by atoms with Crippen LogP contribution in [0.25, 0.3) is 98.4 Å². The van der Waals surface area contributed by atoms with E-state index in [1.165, 1.54) is 70.9 Å². The van der Waals surface area contributed by atoms with Crippen LogP contribution in [-0.4, -0.2) is 0 Å². The number of para-hydroxylation sites is 2. The van der Waals surface area contributed by atoms with E-state index in [-0.39, 0.29) is 0 Å². The molecule has 0 N–H and O–H groups in total. The molecular weight excluding hydrogens is 544 g/mol. The van der Waals surface area contributed by atoms with Gasteiger partial charge in [0.2, 0.25) is 0 Å². The Bertz CT molecular complexity index is 2730. The molecule has 0 saturated carbocycles. The van der Waals surface area contributed by atoms with E-state index in [1.807, 2.05) is 6.07 Å². The maximum atomic E-state index is 6.42. The van der Waals surface area contributed by atoms with Gasteiger partial charge in [-0.2, -0.15) is 0 Å². The van der Waals surface area contributed by atoms with E-state index in [9.17, 15) is 0 Å². The van der Waals surface area contributed by atoms with Gasteiger partial charge in [0.25, 0.3) is 0 Å². The predicted octanol–water partition coefficient (Wildman–Crippen LogP) is 12.6. The van der Waals surface area contributed by atoms with Crippen molar-refractivity contribution in [1.29, 1.82) is 0 Å². The van der Waals surface area contributed by atoms with Gasteiger partial charge >= 0.3 is 0 Å². The summed E-state index contributed by atoms with van der Waals surface area (Å²) in [5.74, 6) is 0. The van der Waals surface area contributed by atoms with Gasteiger partial charge in [-0.15, -0.1) is 0 Å². The lowest BCUT2D eigenvalue weighted by molar-refractivity contribution is 0.670. The first-order valence-electron chi connectivity index (χ1n) is 15.5. The quantitative estimate of drug-likeness (QED) is 0.193. The van der Waals surface area contributed by atoms with Crippen LogP contribution in [0.2, 0.25) is 0 Å². The van der Waals surface area contributed by atoms with Crippen LogP contribution >= 0.6 is 0 Å². The summed E-state index contributed by atoms with van der Waals surface area (Å²) < 4.78 is 6.42. The highest BCUT2D eigenvalue weighted by molar-refractivity contribution is 6.26. The first-order valence-corrected chi connectivity index (χ1v) is 15.5. The molecule has 0 aliphatic heterocycles. The number of benzene rings is 9. The molecule has 0 amide bonds. The molecule has 0 unspecified atom stereocenters. The molecule has 10 aromatic rings. The van der Waals surface area contributed by atoms with Crippen molar-refractivity contribution in [1.82, 2.24) is 0 Å². The van der Waals surface area contributed by atoms with Crippen LogP contribution in [0.5, 0.6) is 0 Å².